The molecule has 124 valence electrons. The van der Waals surface area contributed by atoms with Crippen LogP contribution in [0.4, 0.5) is 5.82 Å². The first-order valence-electron chi connectivity index (χ1n) is 7.48. The Morgan fingerprint density at radius 2 is 2.04 bits per heavy atom. The maximum Gasteiger partial charge on any atom is 0.267 e. The van der Waals surface area contributed by atoms with E-state index in [1.807, 2.05) is 0 Å². The van der Waals surface area contributed by atoms with Crippen LogP contribution in [-0.2, 0) is 0 Å². The number of hydrogen-bond acceptors (Lipinski definition) is 6. The monoisotopic (exact) mass is 326 g/mol. The van der Waals surface area contributed by atoms with Crippen LogP contribution in [0.15, 0.2) is 35.1 Å². The lowest BCUT2D eigenvalue weighted by Crippen LogP contribution is -2.61. The zero-order valence-electron chi connectivity index (χ0n) is 13.6. The van der Waals surface area contributed by atoms with Crippen molar-refractivity contribution in [1.82, 2.24) is 9.78 Å². The first kappa shape index (κ1) is 16.0. The maximum atomic E-state index is 12.4. The Kier molecular flexibility index (Phi) is 3.39. The number of ether oxygens (including phenoxy) is 1. The highest BCUT2D eigenvalue weighted by Crippen LogP contribution is 2.47. The Hall–Kier alpha value is -2.85. The molecule has 24 heavy (non-hydrogen) atoms. The number of nitrogen functional groups attached to an aromatic ring is 1. The minimum absolute atomic E-state index is 0.160. The number of rotatable bonds is 1. The van der Waals surface area contributed by atoms with E-state index < -0.39 is 22.8 Å². The number of anilines is 1. The highest BCUT2D eigenvalue weighted by Gasteiger charge is 2.54. The number of fused-ring (bicyclic) bond motifs is 1. The summed E-state index contributed by atoms with van der Waals surface area (Å²) in [5.74, 6) is 0.652. The lowest BCUT2D eigenvalue weighted by Gasteiger charge is -2.49. The van der Waals surface area contributed by atoms with Gasteiger partial charge in [0.1, 0.15) is 28.8 Å². The summed E-state index contributed by atoms with van der Waals surface area (Å²) >= 11 is 0. The van der Waals surface area contributed by atoms with E-state index in [4.69, 9.17) is 10.5 Å². The van der Waals surface area contributed by atoms with E-state index in [2.05, 4.69) is 11.2 Å². The Bertz CT molecular complexity index is 909. The van der Waals surface area contributed by atoms with E-state index in [-0.39, 0.29) is 5.82 Å². The maximum absolute atomic E-state index is 12.4. The van der Waals surface area contributed by atoms with Gasteiger partial charge in [0.05, 0.1) is 11.6 Å². The highest BCUT2D eigenvalue weighted by atomic mass is 16.5. The van der Waals surface area contributed by atoms with Crippen molar-refractivity contribution in [2.45, 2.75) is 38.0 Å². The minimum Gasteiger partial charge on any atom is -0.484 e. The molecular formula is C17H18N4O3. The normalized spacial score (nSPS) is 24.5. The van der Waals surface area contributed by atoms with Gasteiger partial charge in [-0.25, -0.2) is 4.68 Å². The van der Waals surface area contributed by atoms with Crippen LogP contribution in [0.1, 0.15) is 37.9 Å². The number of aromatic nitrogens is 2. The topological polar surface area (TPSA) is 114 Å². The van der Waals surface area contributed by atoms with Gasteiger partial charge < -0.3 is 15.6 Å². The van der Waals surface area contributed by atoms with Gasteiger partial charge in [-0.15, -0.1) is 0 Å². The quantitative estimate of drug-likeness (QED) is 0.814. The molecular weight excluding hydrogens is 308 g/mol. The molecule has 0 fully saturated rings. The molecule has 1 aliphatic heterocycles. The molecule has 3 N–H and O–H groups in total. The molecule has 3 rings (SSSR count). The molecule has 0 amide bonds. The fraction of sp³-hybridized carbons (Fsp3) is 0.353. The molecule has 0 spiro atoms. The van der Waals surface area contributed by atoms with E-state index in [0.29, 0.717) is 16.9 Å². The summed E-state index contributed by atoms with van der Waals surface area (Å²) in [5.41, 5.74) is 3.77. The smallest absolute Gasteiger partial charge is 0.267 e. The second kappa shape index (κ2) is 5.08. The molecule has 7 nitrogen and oxygen atoms in total. The Labute approximate surface area is 138 Å². The zero-order valence-corrected chi connectivity index (χ0v) is 13.6. The largest absolute Gasteiger partial charge is 0.484 e. The number of nitrogens with two attached hydrogens (primary N) is 1. The van der Waals surface area contributed by atoms with Crippen molar-refractivity contribution in [2.75, 3.05) is 5.73 Å². The van der Waals surface area contributed by atoms with Crippen molar-refractivity contribution in [2.24, 2.45) is 0 Å². The molecule has 2 heterocycles. The van der Waals surface area contributed by atoms with Crippen LogP contribution in [0.25, 0.3) is 0 Å². The van der Waals surface area contributed by atoms with Crippen molar-refractivity contribution in [1.29, 1.82) is 5.26 Å². The fourth-order valence-electron chi connectivity index (χ4n) is 2.93. The SMILES string of the molecule is CC1(C)Oc2ccc(C#N)cc2C(n2nc(N)ccc2=O)C1(C)O. The number of benzene rings is 1. The number of nitriles is 1. The van der Waals surface area contributed by atoms with Crippen LogP contribution in [0.5, 0.6) is 5.75 Å². The molecule has 1 aliphatic rings. The summed E-state index contributed by atoms with van der Waals surface area (Å²) in [6.45, 7) is 5.05. The average Bonchev–Trinajstić information content (AvgIpc) is 2.51. The van der Waals surface area contributed by atoms with Crippen LogP contribution in [0, 0.1) is 11.3 Å². The highest BCUT2D eigenvalue weighted by molar-refractivity contribution is 5.47. The van der Waals surface area contributed by atoms with Gasteiger partial charge in [-0.2, -0.15) is 10.4 Å². The van der Waals surface area contributed by atoms with Gasteiger partial charge in [-0.3, -0.25) is 4.79 Å². The van der Waals surface area contributed by atoms with E-state index in [0.717, 1.165) is 4.68 Å². The summed E-state index contributed by atoms with van der Waals surface area (Å²) in [7, 11) is 0. The van der Waals surface area contributed by atoms with Crippen LogP contribution in [-0.4, -0.2) is 26.1 Å². The lowest BCUT2D eigenvalue weighted by molar-refractivity contribution is -0.141. The van der Waals surface area contributed by atoms with Crippen molar-refractivity contribution in [3.8, 4) is 11.8 Å². The number of hydrogen-bond donors (Lipinski definition) is 2. The van der Waals surface area contributed by atoms with Gasteiger partial charge in [0.2, 0.25) is 0 Å². The molecule has 2 unspecified atom stereocenters. The molecule has 0 aliphatic carbocycles. The van der Waals surface area contributed by atoms with Gasteiger partial charge >= 0.3 is 0 Å². The minimum atomic E-state index is -1.47. The average molecular weight is 326 g/mol. The molecule has 2 aromatic rings. The van der Waals surface area contributed by atoms with Crippen molar-refractivity contribution < 1.29 is 9.84 Å². The van der Waals surface area contributed by atoms with E-state index in [1.54, 1.807) is 39.0 Å². The van der Waals surface area contributed by atoms with Crippen molar-refractivity contribution in [3.63, 3.8) is 0 Å². The van der Waals surface area contributed by atoms with Crippen LogP contribution in [0.2, 0.25) is 0 Å². The zero-order chi connectivity index (χ0) is 17.7. The van der Waals surface area contributed by atoms with Gasteiger partial charge in [-0.1, -0.05) is 0 Å². The first-order valence-corrected chi connectivity index (χ1v) is 7.48. The molecule has 7 heteroatoms. The summed E-state index contributed by atoms with van der Waals surface area (Å²) in [4.78, 5) is 12.4. The summed E-state index contributed by atoms with van der Waals surface area (Å²) in [6, 6.07) is 8.80. The standard InChI is InChI=1S/C17H18N4O3/c1-16(2)17(3,23)15(21-14(22)7-6-13(19)20-21)11-8-10(9-18)4-5-12(11)24-16/h4-8,15,23H,1-3H3,(H2,19,20). The molecule has 0 saturated carbocycles. The van der Waals surface area contributed by atoms with E-state index in [1.165, 1.54) is 12.1 Å². The molecule has 0 radical (unpaired) electrons. The second-order valence-electron chi connectivity index (χ2n) is 6.57. The third kappa shape index (κ3) is 2.23. The summed E-state index contributed by atoms with van der Waals surface area (Å²) in [5, 5.41) is 24.5. The molecule has 0 bridgehead atoms. The predicted molar refractivity (Wildman–Crippen MR) is 87.5 cm³/mol. The van der Waals surface area contributed by atoms with Gasteiger partial charge in [-0.05, 0) is 45.0 Å². The van der Waals surface area contributed by atoms with Gasteiger partial charge in [0.15, 0.2) is 0 Å². The van der Waals surface area contributed by atoms with Crippen molar-refractivity contribution in [3.05, 3.63) is 51.8 Å². The third-order valence-corrected chi connectivity index (χ3v) is 4.64. The van der Waals surface area contributed by atoms with Crippen molar-refractivity contribution >= 4 is 5.82 Å². The Balaban J connectivity index is 2.35. The third-order valence-electron chi connectivity index (χ3n) is 4.64. The van der Waals surface area contributed by atoms with Crippen LogP contribution < -0.4 is 16.0 Å². The van der Waals surface area contributed by atoms with Gasteiger partial charge in [0, 0.05) is 11.6 Å². The Morgan fingerprint density at radius 1 is 1.33 bits per heavy atom. The van der Waals surface area contributed by atoms with E-state index in [9.17, 15) is 15.2 Å². The van der Waals surface area contributed by atoms with Gasteiger partial charge in [0.25, 0.3) is 5.56 Å². The van der Waals surface area contributed by atoms with Crippen LogP contribution in [0.3, 0.4) is 0 Å². The first-order chi connectivity index (χ1) is 11.2. The predicted octanol–water partition coefficient (Wildman–Crippen LogP) is 1.21. The molecule has 1 aromatic carbocycles. The summed E-state index contributed by atoms with van der Waals surface area (Å²) < 4.78 is 7.07. The second-order valence-corrected chi connectivity index (χ2v) is 6.57. The van der Waals surface area contributed by atoms with E-state index >= 15 is 0 Å². The summed E-state index contributed by atoms with van der Waals surface area (Å²) in [6.07, 6.45) is 0. The lowest BCUT2D eigenvalue weighted by atomic mass is 9.75. The fourth-order valence-corrected chi connectivity index (χ4v) is 2.93. The van der Waals surface area contributed by atoms with Crippen LogP contribution >= 0.6 is 0 Å². The number of nitrogens with zero attached hydrogens (tertiary/aromatic N) is 3. The molecule has 2 atom stereocenters. The Morgan fingerprint density at radius 3 is 2.71 bits per heavy atom. The number of aliphatic hydroxyl groups is 1. The molecule has 0 saturated heterocycles. The molecule has 1 aromatic heterocycles.